The molecule has 3 rings (SSSR count). The SMILES string of the molecule is NC1CCCC1CCNc1ccnn1C1CNC1. The summed E-state index contributed by atoms with van der Waals surface area (Å²) in [5, 5.41) is 11.2. The smallest absolute Gasteiger partial charge is 0.124 e. The van der Waals surface area contributed by atoms with Crippen molar-refractivity contribution in [2.45, 2.75) is 37.8 Å². The van der Waals surface area contributed by atoms with Crippen molar-refractivity contribution >= 4 is 5.82 Å². The van der Waals surface area contributed by atoms with E-state index in [2.05, 4.69) is 26.5 Å². The van der Waals surface area contributed by atoms with Crippen molar-refractivity contribution in [2.24, 2.45) is 11.7 Å². The Balaban J connectivity index is 1.49. The van der Waals surface area contributed by atoms with Gasteiger partial charge in [-0.3, -0.25) is 0 Å². The first kappa shape index (κ1) is 12.0. The van der Waals surface area contributed by atoms with Crippen LogP contribution in [-0.2, 0) is 0 Å². The third-order valence-corrected chi connectivity index (χ3v) is 4.32. The minimum atomic E-state index is 0.424. The average Bonchev–Trinajstić information content (AvgIpc) is 2.88. The first-order valence-electron chi connectivity index (χ1n) is 7.08. The van der Waals surface area contributed by atoms with Crippen LogP contribution in [0.3, 0.4) is 0 Å². The van der Waals surface area contributed by atoms with E-state index in [4.69, 9.17) is 5.73 Å². The second-order valence-corrected chi connectivity index (χ2v) is 5.54. The van der Waals surface area contributed by atoms with Gasteiger partial charge in [-0.2, -0.15) is 5.10 Å². The number of aromatic nitrogens is 2. The monoisotopic (exact) mass is 249 g/mol. The highest BCUT2D eigenvalue weighted by atomic mass is 15.4. The molecule has 4 N–H and O–H groups in total. The Bertz CT molecular complexity index is 384. The van der Waals surface area contributed by atoms with Crippen LogP contribution in [0.15, 0.2) is 12.3 Å². The van der Waals surface area contributed by atoms with Gasteiger partial charge >= 0.3 is 0 Å². The predicted molar refractivity (Wildman–Crippen MR) is 72.6 cm³/mol. The normalized spacial score (nSPS) is 28.3. The van der Waals surface area contributed by atoms with Gasteiger partial charge in [0.05, 0.1) is 12.2 Å². The second-order valence-electron chi connectivity index (χ2n) is 5.54. The van der Waals surface area contributed by atoms with Gasteiger partial charge in [0.1, 0.15) is 5.82 Å². The Kier molecular flexibility index (Phi) is 3.52. The summed E-state index contributed by atoms with van der Waals surface area (Å²) in [6.45, 7) is 3.07. The maximum Gasteiger partial charge on any atom is 0.124 e. The Morgan fingerprint density at radius 2 is 2.33 bits per heavy atom. The minimum Gasteiger partial charge on any atom is -0.370 e. The van der Waals surface area contributed by atoms with Crippen LogP contribution in [0.25, 0.3) is 0 Å². The number of hydrogen-bond acceptors (Lipinski definition) is 4. The van der Waals surface area contributed by atoms with E-state index in [0.29, 0.717) is 18.0 Å². The fourth-order valence-electron chi connectivity index (χ4n) is 3.00. The molecule has 5 heteroatoms. The maximum absolute atomic E-state index is 6.09. The molecule has 1 aliphatic heterocycles. The van der Waals surface area contributed by atoms with Gasteiger partial charge in [0.2, 0.25) is 0 Å². The number of nitrogens with two attached hydrogens (primary N) is 1. The lowest BCUT2D eigenvalue weighted by Gasteiger charge is -2.29. The van der Waals surface area contributed by atoms with Crippen LogP contribution in [0.4, 0.5) is 5.82 Å². The second kappa shape index (κ2) is 5.28. The van der Waals surface area contributed by atoms with Gasteiger partial charge in [-0.15, -0.1) is 0 Å². The van der Waals surface area contributed by atoms with Crippen LogP contribution in [0.2, 0.25) is 0 Å². The Labute approximate surface area is 108 Å². The van der Waals surface area contributed by atoms with E-state index in [-0.39, 0.29) is 0 Å². The largest absolute Gasteiger partial charge is 0.370 e. The molecule has 0 aromatic carbocycles. The molecule has 0 bridgehead atoms. The number of anilines is 1. The van der Waals surface area contributed by atoms with E-state index in [1.165, 1.54) is 25.7 Å². The van der Waals surface area contributed by atoms with Crippen molar-refractivity contribution in [2.75, 3.05) is 25.0 Å². The van der Waals surface area contributed by atoms with E-state index in [1.54, 1.807) is 0 Å². The summed E-state index contributed by atoms with van der Waals surface area (Å²) >= 11 is 0. The van der Waals surface area contributed by atoms with Crippen LogP contribution < -0.4 is 16.4 Å². The molecule has 2 fully saturated rings. The molecule has 1 aromatic rings. The van der Waals surface area contributed by atoms with Gasteiger partial charge in [0.15, 0.2) is 0 Å². The third-order valence-electron chi connectivity index (χ3n) is 4.32. The van der Waals surface area contributed by atoms with Crippen molar-refractivity contribution < 1.29 is 0 Å². The molecule has 1 saturated carbocycles. The average molecular weight is 249 g/mol. The number of rotatable bonds is 5. The number of nitrogens with one attached hydrogen (secondary N) is 2. The van der Waals surface area contributed by atoms with Crippen LogP contribution in [0, 0.1) is 5.92 Å². The Morgan fingerprint density at radius 1 is 1.44 bits per heavy atom. The fourth-order valence-corrected chi connectivity index (χ4v) is 3.00. The first-order valence-corrected chi connectivity index (χ1v) is 7.08. The van der Waals surface area contributed by atoms with E-state index >= 15 is 0 Å². The zero-order chi connectivity index (χ0) is 12.4. The van der Waals surface area contributed by atoms with Crippen molar-refractivity contribution in [3.05, 3.63) is 12.3 Å². The van der Waals surface area contributed by atoms with Crippen LogP contribution in [-0.4, -0.2) is 35.5 Å². The van der Waals surface area contributed by atoms with Gasteiger partial charge in [0, 0.05) is 31.7 Å². The quantitative estimate of drug-likeness (QED) is 0.727. The molecule has 0 spiro atoms. The van der Waals surface area contributed by atoms with Gasteiger partial charge in [-0.25, -0.2) is 4.68 Å². The summed E-state index contributed by atoms with van der Waals surface area (Å²) in [7, 11) is 0. The summed E-state index contributed by atoms with van der Waals surface area (Å²) in [4.78, 5) is 0. The molecule has 2 aliphatic rings. The van der Waals surface area contributed by atoms with Crippen LogP contribution in [0.5, 0.6) is 0 Å². The van der Waals surface area contributed by atoms with Crippen molar-refractivity contribution in [3.8, 4) is 0 Å². The van der Waals surface area contributed by atoms with Gasteiger partial charge < -0.3 is 16.4 Å². The molecule has 1 saturated heterocycles. The zero-order valence-corrected chi connectivity index (χ0v) is 10.8. The molecular weight excluding hydrogens is 226 g/mol. The summed E-state index contributed by atoms with van der Waals surface area (Å²) in [6.07, 6.45) is 6.86. The van der Waals surface area contributed by atoms with E-state index < -0.39 is 0 Å². The van der Waals surface area contributed by atoms with Crippen molar-refractivity contribution in [3.63, 3.8) is 0 Å². The highest BCUT2D eigenvalue weighted by Gasteiger charge is 2.24. The molecule has 18 heavy (non-hydrogen) atoms. The molecule has 2 unspecified atom stereocenters. The van der Waals surface area contributed by atoms with E-state index in [9.17, 15) is 0 Å². The molecule has 5 nitrogen and oxygen atoms in total. The van der Waals surface area contributed by atoms with Crippen LogP contribution in [0.1, 0.15) is 31.7 Å². The lowest BCUT2D eigenvalue weighted by Crippen LogP contribution is -2.44. The first-order chi connectivity index (χ1) is 8.84. The van der Waals surface area contributed by atoms with Crippen LogP contribution >= 0.6 is 0 Å². The third kappa shape index (κ3) is 2.37. The Hall–Kier alpha value is -1.07. The summed E-state index contributed by atoms with van der Waals surface area (Å²) in [6, 6.07) is 3.01. The zero-order valence-electron chi connectivity index (χ0n) is 10.8. The summed E-state index contributed by atoms with van der Waals surface area (Å²) < 4.78 is 2.10. The summed E-state index contributed by atoms with van der Waals surface area (Å²) in [5.74, 6) is 1.85. The molecule has 2 atom stereocenters. The predicted octanol–water partition coefficient (Wildman–Crippen LogP) is 0.957. The fraction of sp³-hybridized carbons (Fsp3) is 0.769. The highest BCUT2D eigenvalue weighted by Crippen LogP contribution is 2.27. The topological polar surface area (TPSA) is 67.9 Å². The molecule has 1 aromatic heterocycles. The lowest BCUT2D eigenvalue weighted by atomic mass is 10.0. The van der Waals surface area contributed by atoms with Gasteiger partial charge in [-0.05, 0) is 25.2 Å². The maximum atomic E-state index is 6.09. The molecule has 0 amide bonds. The van der Waals surface area contributed by atoms with E-state index in [1.807, 2.05) is 6.20 Å². The highest BCUT2D eigenvalue weighted by molar-refractivity contribution is 5.34. The summed E-state index contributed by atoms with van der Waals surface area (Å²) in [5.41, 5.74) is 6.09. The van der Waals surface area contributed by atoms with Gasteiger partial charge in [0.25, 0.3) is 0 Å². The number of nitrogens with zero attached hydrogens (tertiary/aromatic N) is 2. The molecular formula is C13H23N5. The standard InChI is InChI=1S/C13H23N5/c14-12-3-1-2-10(12)4-6-16-13-5-7-17-18(13)11-8-15-9-11/h5,7,10-12,15-16H,1-4,6,8-9,14H2. The molecule has 0 radical (unpaired) electrons. The lowest BCUT2D eigenvalue weighted by molar-refractivity contribution is 0.321. The molecule has 2 heterocycles. The number of hydrogen-bond donors (Lipinski definition) is 3. The molecule has 100 valence electrons. The minimum absolute atomic E-state index is 0.424. The van der Waals surface area contributed by atoms with Crippen molar-refractivity contribution in [1.29, 1.82) is 0 Å². The molecule has 1 aliphatic carbocycles. The van der Waals surface area contributed by atoms with E-state index in [0.717, 1.165) is 25.5 Å². The van der Waals surface area contributed by atoms with Gasteiger partial charge in [-0.1, -0.05) is 6.42 Å². The van der Waals surface area contributed by atoms with Crippen molar-refractivity contribution in [1.82, 2.24) is 15.1 Å². The Morgan fingerprint density at radius 3 is 3.00 bits per heavy atom.